The van der Waals surface area contributed by atoms with E-state index in [0.717, 1.165) is 27.1 Å². The molecule has 0 bridgehead atoms. The van der Waals surface area contributed by atoms with E-state index in [1.165, 1.54) is 35.7 Å². The van der Waals surface area contributed by atoms with E-state index in [9.17, 15) is 14.3 Å². The second-order valence-electron chi connectivity index (χ2n) is 9.60. The van der Waals surface area contributed by atoms with Gasteiger partial charge in [-0.1, -0.05) is 35.2 Å². The highest BCUT2D eigenvalue weighted by Crippen LogP contribution is 2.40. The van der Waals surface area contributed by atoms with Crippen molar-refractivity contribution in [2.45, 2.75) is 53.2 Å². The van der Waals surface area contributed by atoms with Crippen molar-refractivity contribution in [3.05, 3.63) is 89.5 Å². The molecule has 0 saturated heterocycles. The maximum atomic E-state index is 15.4. The van der Waals surface area contributed by atoms with Gasteiger partial charge in [-0.2, -0.15) is 0 Å². The molecule has 7 nitrogen and oxygen atoms in total. The number of anilines is 2. The van der Waals surface area contributed by atoms with Crippen molar-refractivity contribution in [2.75, 3.05) is 11.9 Å². The number of hydrogen-bond acceptors (Lipinski definition) is 8. The number of nitrogens with zero attached hydrogens (tertiary/aromatic N) is 3. The summed E-state index contributed by atoms with van der Waals surface area (Å²) in [6, 6.07) is 11.5. The van der Waals surface area contributed by atoms with Gasteiger partial charge in [-0.15, -0.1) is 0 Å². The third-order valence-corrected chi connectivity index (χ3v) is 8.92. The molecule has 3 heterocycles. The Morgan fingerprint density at radius 2 is 1.85 bits per heavy atom. The van der Waals surface area contributed by atoms with Gasteiger partial charge in [0.1, 0.15) is 11.6 Å². The van der Waals surface area contributed by atoms with Crippen LogP contribution in [0.15, 0.2) is 70.2 Å². The molecule has 1 fully saturated rings. The predicted molar refractivity (Wildman–Crippen MR) is 148 cm³/mol. The number of amides is 1. The molecule has 1 aliphatic rings. The van der Waals surface area contributed by atoms with Crippen molar-refractivity contribution in [1.82, 2.24) is 20.3 Å². The van der Waals surface area contributed by atoms with Gasteiger partial charge >= 0.3 is 0 Å². The highest BCUT2D eigenvalue weighted by molar-refractivity contribution is 8.01. The second kappa shape index (κ2) is 11.8. The minimum atomic E-state index is -0.710. The van der Waals surface area contributed by atoms with Gasteiger partial charge in [-0.05, 0) is 74.1 Å². The Kier molecular flexibility index (Phi) is 8.20. The molecule has 1 amide bonds. The Morgan fingerprint density at radius 3 is 2.59 bits per heavy atom. The summed E-state index contributed by atoms with van der Waals surface area (Å²) in [6.45, 7) is 2.19. The van der Waals surface area contributed by atoms with Gasteiger partial charge in [-0.3, -0.25) is 4.79 Å². The lowest BCUT2D eigenvalue weighted by Crippen LogP contribution is -2.44. The maximum Gasteiger partial charge on any atom is 0.273 e. The number of hydrogen-bond donors (Lipinski definition) is 3. The molecule has 1 saturated carbocycles. The largest absolute Gasteiger partial charge is 0.393 e. The third kappa shape index (κ3) is 6.43. The summed E-state index contributed by atoms with van der Waals surface area (Å²) in [4.78, 5) is 26.0. The summed E-state index contributed by atoms with van der Waals surface area (Å²) in [5.74, 6) is -1.01. The number of halogens is 2. The summed E-state index contributed by atoms with van der Waals surface area (Å²) in [7, 11) is 0. The fourth-order valence-electron chi connectivity index (χ4n) is 4.71. The van der Waals surface area contributed by atoms with Crippen molar-refractivity contribution >= 4 is 40.0 Å². The number of benzene rings is 1. The normalized spacial score (nSPS) is 19.0. The molecule has 3 N–H and O–H groups in total. The van der Waals surface area contributed by atoms with Crippen molar-refractivity contribution in [2.24, 2.45) is 0 Å². The Bertz CT molecular complexity index is 1460. The molecule has 0 radical (unpaired) electrons. The average molecular weight is 568 g/mol. The van der Waals surface area contributed by atoms with Crippen molar-refractivity contribution in [1.29, 1.82) is 0 Å². The van der Waals surface area contributed by atoms with Crippen molar-refractivity contribution in [3.63, 3.8) is 0 Å². The van der Waals surface area contributed by atoms with Gasteiger partial charge < -0.3 is 15.7 Å². The maximum absolute atomic E-state index is 15.4. The minimum Gasteiger partial charge on any atom is -0.393 e. The molecule has 0 atom stereocenters. The van der Waals surface area contributed by atoms with E-state index in [-0.39, 0.29) is 23.0 Å². The molecule has 39 heavy (non-hydrogen) atoms. The van der Waals surface area contributed by atoms with Crippen LogP contribution in [0.1, 0.15) is 47.3 Å². The van der Waals surface area contributed by atoms with E-state index in [0.29, 0.717) is 36.6 Å². The van der Waals surface area contributed by atoms with Crippen LogP contribution < -0.4 is 10.6 Å². The zero-order valence-electron chi connectivity index (χ0n) is 21.2. The van der Waals surface area contributed by atoms with E-state index >= 15 is 4.39 Å². The number of rotatable bonds is 8. The molecule has 1 aromatic carbocycles. The van der Waals surface area contributed by atoms with Crippen LogP contribution in [0.3, 0.4) is 0 Å². The number of aliphatic hydroxyl groups excluding tert-OH is 1. The minimum absolute atomic E-state index is 0.222. The van der Waals surface area contributed by atoms with Crippen LogP contribution in [0.25, 0.3) is 0 Å². The lowest BCUT2D eigenvalue weighted by atomic mass is 9.68. The highest BCUT2D eigenvalue weighted by Gasteiger charge is 2.37. The summed E-state index contributed by atoms with van der Waals surface area (Å²) < 4.78 is 29.7. The van der Waals surface area contributed by atoms with Crippen molar-refractivity contribution < 1.29 is 18.7 Å². The van der Waals surface area contributed by atoms with Gasteiger partial charge in [0, 0.05) is 24.4 Å². The molecular weight excluding hydrogens is 540 g/mol. The van der Waals surface area contributed by atoms with Crippen LogP contribution >= 0.6 is 23.1 Å². The van der Waals surface area contributed by atoms with Gasteiger partial charge in [0.15, 0.2) is 16.6 Å². The Hall–Kier alpha value is -3.41. The van der Waals surface area contributed by atoms with E-state index in [1.54, 1.807) is 24.5 Å². The van der Waals surface area contributed by atoms with Crippen LogP contribution in [-0.4, -0.2) is 38.6 Å². The molecule has 0 aliphatic heterocycles. The zero-order valence-corrected chi connectivity index (χ0v) is 22.8. The lowest BCUT2D eigenvalue weighted by molar-refractivity contribution is 0.0845. The first-order valence-electron chi connectivity index (χ1n) is 12.5. The van der Waals surface area contributed by atoms with Gasteiger partial charge in [0.25, 0.3) is 5.91 Å². The summed E-state index contributed by atoms with van der Waals surface area (Å²) >= 11 is 2.51. The predicted octanol–water partition coefficient (Wildman–Crippen LogP) is 6.02. The molecule has 1 aliphatic carbocycles. The first kappa shape index (κ1) is 27.2. The first-order valence-corrected chi connectivity index (χ1v) is 14.1. The molecule has 3 aromatic heterocycles. The van der Waals surface area contributed by atoms with Gasteiger partial charge in [0.05, 0.1) is 21.4 Å². The standard InChI is InChI=1S/C28H27F2N5O2S2/c1-17-8-12-31-22(14-17)35-27-33-15-23(39-27)38-21-9-13-32-25(24(21)30)26(37)34-16-28(10-6-20(36)7-11-28)18-2-4-19(29)5-3-18/h2-5,8-9,12-15,20,36H,6-7,10-11,16H2,1H3,(H,34,37)(H,31,33,35). The molecule has 0 spiro atoms. The smallest absolute Gasteiger partial charge is 0.273 e. The van der Waals surface area contributed by atoms with Crippen LogP contribution in [-0.2, 0) is 5.41 Å². The number of nitrogens with one attached hydrogen (secondary N) is 2. The number of aliphatic hydroxyl groups is 1. The zero-order chi connectivity index (χ0) is 27.4. The first-order chi connectivity index (χ1) is 18.8. The van der Waals surface area contributed by atoms with Crippen LogP contribution in [0, 0.1) is 18.6 Å². The Labute approximate surface area is 233 Å². The Balaban J connectivity index is 1.28. The monoisotopic (exact) mass is 567 g/mol. The van der Waals surface area contributed by atoms with Crippen LogP contribution in [0.4, 0.5) is 19.7 Å². The third-order valence-electron chi connectivity index (χ3n) is 6.87. The van der Waals surface area contributed by atoms with Gasteiger partial charge in [-0.25, -0.2) is 23.7 Å². The molecule has 11 heteroatoms. The number of thiazole rings is 1. The van der Waals surface area contributed by atoms with Crippen LogP contribution in [0.2, 0.25) is 0 Å². The number of carbonyl (C=O) groups is 1. The van der Waals surface area contributed by atoms with E-state index in [2.05, 4.69) is 25.6 Å². The second-order valence-corrected chi connectivity index (χ2v) is 12.0. The fourth-order valence-corrected chi connectivity index (χ4v) is 6.58. The van der Waals surface area contributed by atoms with Crippen LogP contribution in [0.5, 0.6) is 0 Å². The fraction of sp³-hybridized carbons (Fsp3) is 0.286. The summed E-state index contributed by atoms with van der Waals surface area (Å²) in [5, 5.41) is 16.7. The molecular formula is C28H27F2N5O2S2. The Morgan fingerprint density at radius 1 is 1.10 bits per heavy atom. The molecule has 4 aromatic rings. The van der Waals surface area contributed by atoms with E-state index in [4.69, 9.17) is 0 Å². The van der Waals surface area contributed by atoms with Gasteiger partial charge in [0.2, 0.25) is 0 Å². The van der Waals surface area contributed by atoms with Crippen molar-refractivity contribution in [3.8, 4) is 0 Å². The molecule has 0 unspecified atom stereocenters. The number of pyridine rings is 2. The number of aromatic nitrogens is 3. The highest BCUT2D eigenvalue weighted by atomic mass is 32.2. The number of aryl methyl sites for hydroxylation is 1. The number of carbonyl (C=O) groups excluding carboxylic acids is 1. The van der Waals surface area contributed by atoms with E-state index in [1.807, 2.05) is 19.1 Å². The topological polar surface area (TPSA) is 100 Å². The molecule has 5 rings (SSSR count). The lowest BCUT2D eigenvalue weighted by Gasteiger charge is -2.39. The summed E-state index contributed by atoms with van der Waals surface area (Å²) in [5.41, 5.74) is 1.16. The summed E-state index contributed by atoms with van der Waals surface area (Å²) in [6.07, 6.45) is 6.71. The SMILES string of the molecule is Cc1ccnc(Nc2ncc(Sc3ccnc(C(=O)NCC4(c5ccc(F)cc5)CCC(O)CC4)c3F)s2)c1. The molecule has 202 valence electrons. The average Bonchev–Trinajstić information content (AvgIpc) is 3.36. The quantitative estimate of drug-likeness (QED) is 0.240. The van der Waals surface area contributed by atoms with E-state index < -0.39 is 23.2 Å².